The maximum Gasteiger partial charge on any atom is 0.138 e. The van der Waals surface area contributed by atoms with Crippen LogP contribution in [-0.4, -0.2) is 41.0 Å². The first-order valence-corrected chi connectivity index (χ1v) is 8.23. The van der Waals surface area contributed by atoms with Crippen LogP contribution in [0.3, 0.4) is 0 Å². The van der Waals surface area contributed by atoms with Gasteiger partial charge in [0.15, 0.2) is 0 Å². The summed E-state index contributed by atoms with van der Waals surface area (Å²) in [7, 11) is 0. The molecule has 0 spiro atoms. The third kappa shape index (κ3) is 3.05. The van der Waals surface area contributed by atoms with E-state index in [1.165, 1.54) is 0 Å². The van der Waals surface area contributed by atoms with Gasteiger partial charge in [0.05, 0.1) is 17.8 Å². The third-order valence-electron chi connectivity index (χ3n) is 4.13. The molecular weight excluding hydrogens is 304 g/mol. The highest BCUT2D eigenvalue weighted by Gasteiger charge is 2.12. The maximum absolute atomic E-state index is 6.05. The zero-order valence-electron chi connectivity index (χ0n) is 13.6. The molecule has 0 radical (unpaired) electrons. The Hall–Kier alpha value is -2.60. The van der Waals surface area contributed by atoms with Crippen molar-refractivity contribution in [1.82, 2.24) is 20.5 Å². The lowest BCUT2D eigenvalue weighted by Crippen LogP contribution is -2.26. The quantitative estimate of drug-likeness (QED) is 0.665. The average Bonchev–Trinajstić information content (AvgIpc) is 3.01. The monoisotopic (exact) mass is 324 g/mol. The van der Waals surface area contributed by atoms with Gasteiger partial charge in [-0.05, 0) is 44.2 Å². The number of benzene rings is 1. The minimum absolute atomic E-state index is 0.138. The van der Waals surface area contributed by atoms with Gasteiger partial charge in [0.2, 0.25) is 0 Å². The first-order valence-electron chi connectivity index (χ1n) is 8.23. The fourth-order valence-corrected chi connectivity index (χ4v) is 2.88. The van der Waals surface area contributed by atoms with E-state index >= 15 is 0 Å². The van der Waals surface area contributed by atoms with E-state index in [2.05, 4.69) is 27.4 Å². The van der Waals surface area contributed by atoms with Crippen molar-refractivity contribution in [3.05, 3.63) is 36.7 Å². The van der Waals surface area contributed by atoms with Crippen molar-refractivity contribution >= 4 is 10.9 Å². The summed E-state index contributed by atoms with van der Waals surface area (Å²) in [6.07, 6.45) is 4.60. The molecule has 124 valence electrons. The van der Waals surface area contributed by atoms with Crippen LogP contribution in [0, 0.1) is 0 Å². The Bertz CT molecular complexity index is 846. The summed E-state index contributed by atoms with van der Waals surface area (Å²) in [5, 5.41) is 11.9. The van der Waals surface area contributed by atoms with Crippen LogP contribution in [0.25, 0.3) is 22.2 Å². The smallest absolute Gasteiger partial charge is 0.138 e. The van der Waals surface area contributed by atoms with Crippen molar-refractivity contribution in [2.24, 2.45) is 0 Å². The molecule has 4 bridgehead atoms. The molecule has 6 heteroatoms. The number of nitrogens with one attached hydrogen (secondary N) is 2. The van der Waals surface area contributed by atoms with Gasteiger partial charge in [0.1, 0.15) is 23.8 Å². The number of aromatic amines is 1. The maximum atomic E-state index is 6.05. The van der Waals surface area contributed by atoms with Crippen LogP contribution in [0.1, 0.15) is 13.3 Å². The van der Waals surface area contributed by atoms with E-state index in [-0.39, 0.29) is 6.10 Å². The zero-order valence-corrected chi connectivity index (χ0v) is 13.6. The number of nitrogens with zero attached hydrogens (tertiary/aromatic N) is 2. The van der Waals surface area contributed by atoms with E-state index in [0.717, 1.165) is 53.2 Å². The number of rotatable bonds is 0. The summed E-state index contributed by atoms with van der Waals surface area (Å²) < 4.78 is 11.8. The summed E-state index contributed by atoms with van der Waals surface area (Å²) in [4.78, 5) is 4.28. The van der Waals surface area contributed by atoms with Gasteiger partial charge in [-0.15, -0.1) is 0 Å². The fourth-order valence-electron chi connectivity index (χ4n) is 2.88. The second-order valence-electron chi connectivity index (χ2n) is 6.00. The van der Waals surface area contributed by atoms with Crippen LogP contribution < -0.4 is 14.8 Å². The molecular formula is C18H20N4O2. The number of ether oxygens (including phenoxy) is 2. The van der Waals surface area contributed by atoms with Crippen LogP contribution in [0.15, 0.2) is 36.7 Å². The zero-order chi connectivity index (χ0) is 16.4. The third-order valence-corrected chi connectivity index (χ3v) is 4.13. The Morgan fingerprint density at radius 3 is 3.04 bits per heavy atom. The predicted molar refractivity (Wildman–Crippen MR) is 92.4 cm³/mol. The van der Waals surface area contributed by atoms with Gasteiger partial charge in [-0.25, -0.2) is 0 Å². The van der Waals surface area contributed by atoms with Gasteiger partial charge in [-0.3, -0.25) is 10.1 Å². The van der Waals surface area contributed by atoms with E-state index in [1.807, 2.05) is 24.3 Å². The SMILES string of the molecule is CC1CCNCCOc2cncc(c2)-c2n[nH]c3ccc(cc23)O1. The number of fused-ring (bicyclic) bond motifs is 4. The first kappa shape index (κ1) is 15.0. The molecule has 1 aliphatic heterocycles. The first-order chi connectivity index (χ1) is 11.8. The van der Waals surface area contributed by atoms with Crippen LogP contribution in [0.4, 0.5) is 0 Å². The molecule has 2 N–H and O–H groups in total. The Labute approximate surface area is 140 Å². The highest BCUT2D eigenvalue weighted by Crippen LogP contribution is 2.30. The van der Waals surface area contributed by atoms with Crippen molar-refractivity contribution in [3.63, 3.8) is 0 Å². The molecule has 4 rings (SSSR count). The van der Waals surface area contributed by atoms with Gasteiger partial charge >= 0.3 is 0 Å². The van der Waals surface area contributed by atoms with Crippen LogP contribution in [0.2, 0.25) is 0 Å². The molecule has 0 aliphatic carbocycles. The molecule has 6 nitrogen and oxygen atoms in total. The van der Waals surface area contributed by atoms with Crippen LogP contribution in [-0.2, 0) is 0 Å². The van der Waals surface area contributed by atoms with E-state index in [0.29, 0.717) is 6.61 Å². The van der Waals surface area contributed by atoms with Crippen LogP contribution in [0.5, 0.6) is 11.5 Å². The molecule has 0 saturated heterocycles. The van der Waals surface area contributed by atoms with Gasteiger partial charge < -0.3 is 14.8 Å². The molecule has 24 heavy (non-hydrogen) atoms. The molecule has 0 fully saturated rings. The Morgan fingerprint density at radius 2 is 2.08 bits per heavy atom. The van der Waals surface area contributed by atoms with Gasteiger partial charge in [0.25, 0.3) is 0 Å². The summed E-state index contributed by atoms with van der Waals surface area (Å²) in [6, 6.07) is 7.98. The van der Waals surface area contributed by atoms with E-state index in [4.69, 9.17) is 9.47 Å². The number of hydrogen-bond acceptors (Lipinski definition) is 5. The number of aromatic nitrogens is 3. The second kappa shape index (κ2) is 6.49. The van der Waals surface area contributed by atoms with Crippen molar-refractivity contribution in [2.75, 3.05) is 19.7 Å². The molecule has 1 aromatic carbocycles. The Balaban J connectivity index is 1.79. The normalized spacial score (nSPS) is 18.5. The van der Waals surface area contributed by atoms with Crippen molar-refractivity contribution in [2.45, 2.75) is 19.4 Å². The van der Waals surface area contributed by atoms with Crippen molar-refractivity contribution in [3.8, 4) is 22.8 Å². The van der Waals surface area contributed by atoms with Crippen molar-refractivity contribution in [1.29, 1.82) is 0 Å². The second-order valence-corrected chi connectivity index (χ2v) is 6.00. The summed E-state index contributed by atoms with van der Waals surface area (Å²) in [6.45, 7) is 4.37. The molecule has 3 aromatic rings. The average molecular weight is 324 g/mol. The standard InChI is InChI=1S/C18H20N4O2/c1-12-4-5-19-6-7-23-15-8-13(10-20-11-15)18-16-9-14(24-12)2-3-17(16)21-22-18/h2-3,8-12,19H,4-7H2,1H3,(H,21,22). The minimum Gasteiger partial charge on any atom is -0.491 e. The molecule has 2 aromatic heterocycles. The lowest BCUT2D eigenvalue weighted by atomic mass is 10.1. The highest BCUT2D eigenvalue weighted by atomic mass is 16.5. The largest absolute Gasteiger partial charge is 0.491 e. The minimum atomic E-state index is 0.138. The van der Waals surface area contributed by atoms with Gasteiger partial charge in [0, 0.05) is 23.7 Å². The van der Waals surface area contributed by atoms with Crippen LogP contribution >= 0.6 is 0 Å². The van der Waals surface area contributed by atoms with E-state index in [1.54, 1.807) is 12.4 Å². The Kier molecular flexibility index (Phi) is 4.04. The number of hydrogen-bond donors (Lipinski definition) is 2. The number of pyridine rings is 1. The van der Waals surface area contributed by atoms with E-state index in [9.17, 15) is 0 Å². The molecule has 1 aliphatic rings. The lowest BCUT2D eigenvalue weighted by molar-refractivity contribution is 0.208. The van der Waals surface area contributed by atoms with E-state index < -0.39 is 0 Å². The lowest BCUT2D eigenvalue weighted by Gasteiger charge is -2.15. The van der Waals surface area contributed by atoms with Crippen molar-refractivity contribution < 1.29 is 9.47 Å². The topological polar surface area (TPSA) is 72.1 Å². The summed E-state index contributed by atoms with van der Waals surface area (Å²) in [5.74, 6) is 1.61. The summed E-state index contributed by atoms with van der Waals surface area (Å²) >= 11 is 0. The molecule has 1 atom stereocenters. The highest BCUT2D eigenvalue weighted by molar-refractivity contribution is 5.93. The molecule has 0 saturated carbocycles. The van der Waals surface area contributed by atoms with Gasteiger partial charge in [-0.1, -0.05) is 0 Å². The van der Waals surface area contributed by atoms with Gasteiger partial charge in [-0.2, -0.15) is 5.10 Å². The number of H-pyrrole nitrogens is 1. The molecule has 1 unspecified atom stereocenters. The predicted octanol–water partition coefficient (Wildman–Crippen LogP) is 2.76. The molecule has 0 amide bonds. The summed E-state index contributed by atoms with van der Waals surface area (Å²) in [5.41, 5.74) is 2.75. The molecule has 3 heterocycles. The fraction of sp³-hybridized carbons (Fsp3) is 0.333. The Morgan fingerprint density at radius 1 is 1.12 bits per heavy atom.